The van der Waals surface area contributed by atoms with Crippen LogP contribution in [0.2, 0.25) is 0 Å². The second kappa shape index (κ2) is 8.49. The average Bonchev–Trinajstić information content (AvgIpc) is 3.40. The quantitative estimate of drug-likeness (QED) is 0.569. The number of aliphatic imine (C=N–C) groups is 1. The summed E-state index contributed by atoms with van der Waals surface area (Å²) in [4.78, 5) is 43.9. The fourth-order valence-electron chi connectivity index (χ4n) is 4.42. The summed E-state index contributed by atoms with van der Waals surface area (Å²) in [6.45, 7) is 0.101. The smallest absolute Gasteiger partial charge is 0.345 e. The third-order valence-electron chi connectivity index (χ3n) is 6.19. The Morgan fingerprint density at radius 3 is 2.97 bits per heavy atom. The van der Waals surface area contributed by atoms with Crippen molar-refractivity contribution in [2.75, 3.05) is 18.9 Å². The molecule has 0 fully saturated rings. The second-order valence-electron chi connectivity index (χ2n) is 8.51. The lowest BCUT2D eigenvalue weighted by Gasteiger charge is -2.27. The van der Waals surface area contributed by atoms with Gasteiger partial charge in [0.15, 0.2) is 0 Å². The monoisotopic (exact) mass is 490 g/mol. The van der Waals surface area contributed by atoms with Gasteiger partial charge in [0.1, 0.15) is 22.7 Å². The maximum Gasteiger partial charge on any atom is 0.390 e. The summed E-state index contributed by atoms with van der Waals surface area (Å²) in [6, 6.07) is 1.74. The van der Waals surface area contributed by atoms with Gasteiger partial charge in [-0.25, -0.2) is 9.97 Å². The third kappa shape index (κ3) is 4.29. The van der Waals surface area contributed by atoms with Gasteiger partial charge in [-0.05, 0) is 30.9 Å². The summed E-state index contributed by atoms with van der Waals surface area (Å²) in [5, 5.41) is 3.95. The number of fused-ring (bicyclic) bond motifs is 4. The summed E-state index contributed by atoms with van der Waals surface area (Å²) < 4.78 is 37.6. The number of H-pyrrole nitrogens is 1. The van der Waals surface area contributed by atoms with Gasteiger partial charge in [-0.2, -0.15) is 13.2 Å². The molecule has 4 heterocycles. The van der Waals surface area contributed by atoms with Crippen molar-refractivity contribution in [1.82, 2.24) is 19.9 Å². The molecule has 1 aliphatic carbocycles. The lowest BCUT2D eigenvalue weighted by atomic mass is 9.87. The normalized spacial score (nSPS) is 17.0. The van der Waals surface area contributed by atoms with E-state index in [0.717, 1.165) is 31.9 Å². The zero-order valence-corrected chi connectivity index (χ0v) is 19.0. The van der Waals surface area contributed by atoms with Gasteiger partial charge in [0.2, 0.25) is 5.91 Å². The number of alkyl halides is 3. The van der Waals surface area contributed by atoms with Crippen molar-refractivity contribution in [3.05, 3.63) is 44.4 Å². The SMILES string of the molecule is CN(CCC(F)(F)F)C(=O)[C@H]1CCc2c(sc3ncnc(Nc4cc5c([nH]c4=O)CN=C5)c23)C1. The molecule has 0 unspecified atom stereocenters. The molecule has 0 radical (unpaired) electrons. The molecule has 2 aliphatic rings. The molecule has 12 heteroatoms. The number of anilines is 2. The molecule has 0 saturated heterocycles. The molecular weight excluding hydrogens is 469 g/mol. The lowest BCUT2D eigenvalue weighted by molar-refractivity contribution is -0.146. The molecule has 8 nitrogen and oxygen atoms in total. The van der Waals surface area contributed by atoms with Crippen LogP contribution in [0.4, 0.5) is 24.7 Å². The first-order valence-corrected chi connectivity index (χ1v) is 11.6. The highest BCUT2D eigenvalue weighted by Gasteiger charge is 2.33. The van der Waals surface area contributed by atoms with E-state index in [1.165, 1.54) is 29.6 Å². The van der Waals surface area contributed by atoms with E-state index in [-0.39, 0.29) is 23.9 Å². The number of carbonyl (C=O) groups is 1. The number of aromatic amines is 1. The van der Waals surface area contributed by atoms with Crippen LogP contribution in [-0.2, 0) is 24.2 Å². The van der Waals surface area contributed by atoms with E-state index in [1.54, 1.807) is 12.3 Å². The van der Waals surface area contributed by atoms with Crippen LogP contribution in [0.25, 0.3) is 10.2 Å². The van der Waals surface area contributed by atoms with Crippen LogP contribution in [0.15, 0.2) is 22.2 Å². The summed E-state index contributed by atoms with van der Waals surface area (Å²) >= 11 is 1.45. The minimum absolute atomic E-state index is 0.271. The van der Waals surface area contributed by atoms with Crippen LogP contribution in [0.3, 0.4) is 0 Å². The van der Waals surface area contributed by atoms with E-state index in [9.17, 15) is 22.8 Å². The van der Waals surface area contributed by atoms with Crippen molar-refractivity contribution < 1.29 is 18.0 Å². The molecule has 5 rings (SSSR count). The first-order valence-electron chi connectivity index (χ1n) is 10.8. The first-order chi connectivity index (χ1) is 16.2. The molecule has 2 N–H and O–H groups in total. The van der Waals surface area contributed by atoms with Crippen LogP contribution in [-0.4, -0.2) is 51.7 Å². The molecule has 3 aromatic rings. The number of nitrogens with zero attached hydrogens (tertiary/aromatic N) is 4. The van der Waals surface area contributed by atoms with Crippen molar-refractivity contribution in [3.8, 4) is 0 Å². The number of carbonyl (C=O) groups excluding carboxylic acids is 1. The van der Waals surface area contributed by atoms with E-state index in [2.05, 4.69) is 25.3 Å². The summed E-state index contributed by atoms with van der Waals surface area (Å²) in [5.41, 5.74) is 2.71. The highest BCUT2D eigenvalue weighted by atomic mass is 32.1. The maximum atomic E-state index is 12.8. The minimum Gasteiger partial charge on any atom is -0.345 e. The number of aromatic nitrogens is 3. The summed E-state index contributed by atoms with van der Waals surface area (Å²) in [5.74, 6) is -0.139. The summed E-state index contributed by atoms with van der Waals surface area (Å²) in [7, 11) is 1.42. The van der Waals surface area contributed by atoms with Crippen molar-refractivity contribution in [2.45, 2.75) is 38.4 Å². The molecule has 1 aliphatic heterocycles. The van der Waals surface area contributed by atoms with Gasteiger partial charge in [0.25, 0.3) is 5.56 Å². The molecule has 0 saturated carbocycles. The number of hydrogen-bond donors (Lipinski definition) is 2. The van der Waals surface area contributed by atoms with Crippen LogP contribution in [0.5, 0.6) is 0 Å². The third-order valence-corrected chi connectivity index (χ3v) is 7.35. The van der Waals surface area contributed by atoms with Crippen LogP contribution in [0.1, 0.15) is 34.5 Å². The lowest BCUT2D eigenvalue weighted by Crippen LogP contribution is -2.37. The molecule has 0 aromatic carbocycles. The molecule has 0 spiro atoms. The van der Waals surface area contributed by atoms with Gasteiger partial charge in [0, 0.05) is 41.9 Å². The van der Waals surface area contributed by atoms with Gasteiger partial charge < -0.3 is 15.2 Å². The maximum absolute atomic E-state index is 12.8. The Bertz CT molecular complexity index is 1360. The molecule has 1 atom stereocenters. The standard InChI is InChI=1S/C22H21F3N6O2S/c1-31(5-4-22(23,24)25)21(33)11-2-3-13-16(7-11)34-20-17(13)18(27-10-28-20)29-14-6-12-8-26-9-15(12)30-19(14)32/h6,8,10-11H,2-5,7,9H2,1H3,(H,30,32)(H,27,28,29)/t11-/m0/s1. The van der Waals surface area contributed by atoms with E-state index in [1.807, 2.05) is 0 Å². The van der Waals surface area contributed by atoms with Crippen LogP contribution < -0.4 is 10.9 Å². The molecular formula is C22H21F3N6O2S. The van der Waals surface area contributed by atoms with Crippen molar-refractivity contribution in [2.24, 2.45) is 10.9 Å². The second-order valence-corrected chi connectivity index (χ2v) is 9.60. The number of halogens is 3. The minimum atomic E-state index is -4.30. The predicted molar refractivity (Wildman–Crippen MR) is 123 cm³/mol. The fraction of sp³-hybridized carbons (Fsp3) is 0.409. The molecule has 3 aromatic heterocycles. The topological polar surface area (TPSA) is 103 Å². The van der Waals surface area contributed by atoms with E-state index in [0.29, 0.717) is 37.3 Å². The highest BCUT2D eigenvalue weighted by Crippen LogP contribution is 2.40. The van der Waals surface area contributed by atoms with Gasteiger partial charge in [-0.15, -0.1) is 11.3 Å². The first kappa shape index (κ1) is 22.5. The number of pyridine rings is 1. The predicted octanol–water partition coefficient (Wildman–Crippen LogP) is 3.57. The van der Waals surface area contributed by atoms with Crippen LogP contribution in [0, 0.1) is 5.92 Å². The Kier molecular flexibility index (Phi) is 5.62. The van der Waals surface area contributed by atoms with Crippen molar-refractivity contribution >= 4 is 45.2 Å². The molecule has 34 heavy (non-hydrogen) atoms. The van der Waals surface area contributed by atoms with E-state index >= 15 is 0 Å². The van der Waals surface area contributed by atoms with E-state index in [4.69, 9.17) is 0 Å². The Hall–Kier alpha value is -3.28. The number of aryl methyl sites for hydroxylation is 1. The number of hydrogen-bond acceptors (Lipinski definition) is 7. The molecule has 0 bridgehead atoms. The number of amides is 1. The number of rotatable bonds is 5. The molecule has 178 valence electrons. The highest BCUT2D eigenvalue weighted by molar-refractivity contribution is 7.19. The average molecular weight is 491 g/mol. The van der Waals surface area contributed by atoms with Gasteiger partial charge >= 0.3 is 6.18 Å². The molecule has 1 amide bonds. The van der Waals surface area contributed by atoms with Gasteiger partial charge in [-0.1, -0.05) is 0 Å². The fourth-order valence-corrected chi connectivity index (χ4v) is 5.69. The zero-order valence-electron chi connectivity index (χ0n) is 18.2. The van der Waals surface area contributed by atoms with Crippen molar-refractivity contribution in [3.63, 3.8) is 0 Å². The van der Waals surface area contributed by atoms with Gasteiger partial charge in [-0.3, -0.25) is 14.6 Å². The Morgan fingerprint density at radius 2 is 2.18 bits per heavy atom. The number of thiophene rings is 1. The Morgan fingerprint density at radius 1 is 1.35 bits per heavy atom. The Balaban J connectivity index is 1.39. The van der Waals surface area contributed by atoms with Gasteiger partial charge in [0.05, 0.1) is 18.4 Å². The largest absolute Gasteiger partial charge is 0.390 e. The number of nitrogens with one attached hydrogen (secondary N) is 2. The summed E-state index contributed by atoms with van der Waals surface area (Å²) in [6.07, 6.45) is -0.638. The zero-order chi connectivity index (χ0) is 24.0. The van der Waals surface area contributed by atoms with Crippen LogP contribution >= 0.6 is 11.3 Å². The van der Waals surface area contributed by atoms with E-state index < -0.39 is 12.6 Å². The Labute approximate surface area is 195 Å². The van der Waals surface area contributed by atoms with Crippen molar-refractivity contribution in [1.29, 1.82) is 0 Å².